The van der Waals surface area contributed by atoms with Gasteiger partial charge >= 0.3 is 0 Å². The molecule has 100 valence electrons. The first-order chi connectivity index (χ1) is 8.06. The van der Waals surface area contributed by atoms with Gasteiger partial charge in [-0.3, -0.25) is 4.79 Å². The molecule has 17 heavy (non-hydrogen) atoms. The number of nitrogens with two attached hydrogens (primary N) is 1. The minimum Gasteiger partial charge on any atom is -0.394 e. The molecule has 1 unspecified atom stereocenters. The van der Waals surface area contributed by atoms with Gasteiger partial charge in [-0.2, -0.15) is 0 Å². The number of rotatable bonds is 4. The Morgan fingerprint density at radius 2 is 2.12 bits per heavy atom. The van der Waals surface area contributed by atoms with Crippen LogP contribution in [0.3, 0.4) is 0 Å². The predicted octanol–water partition coefficient (Wildman–Crippen LogP) is 1.12. The van der Waals surface area contributed by atoms with Gasteiger partial charge < -0.3 is 15.7 Å². The van der Waals surface area contributed by atoms with E-state index in [0.717, 1.165) is 32.2 Å². The first-order valence-electron chi connectivity index (χ1n) is 6.73. The summed E-state index contributed by atoms with van der Waals surface area (Å²) < 4.78 is 0. The second-order valence-electron chi connectivity index (χ2n) is 5.45. The van der Waals surface area contributed by atoms with Crippen LogP contribution in [0, 0.1) is 5.92 Å². The third-order valence-electron chi connectivity index (χ3n) is 3.41. The zero-order chi connectivity index (χ0) is 12.8. The topological polar surface area (TPSA) is 66.6 Å². The maximum absolute atomic E-state index is 12.2. The summed E-state index contributed by atoms with van der Waals surface area (Å²) in [5.74, 6) is 0.438. The van der Waals surface area contributed by atoms with E-state index in [4.69, 9.17) is 5.73 Å². The number of likely N-dealkylation sites (tertiary alicyclic amines) is 1. The van der Waals surface area contributed by atoms with Crippen molar-refractivity contribution in [2.24, 2.45) is 11.7 Å². The molecule has 1 heterocycles. The van der Waals surface area contributed by atoms with Crippen LogP contribution in [0.25, 0.3) is 0 Å². The van der Waals surface area contributed by atoms with Crippen molar-refractivity contribution >= 4 is 5.91 Å². The van der Waals surface area contributed by atoms with E-state index in [1.807, 2.05) is 0 Å². The third-order valence-corrected chi connectivity index (χ3v) is 3.41. The van der Waals surface area contributed by atoms with Gasteiger partial charge in [0.05, 0.1) is 18.7 Å². The minimum atomic E-state index is -0.415. The molecular formula is C13H26N2O2. The largest absolute Gasteiger partial charge is 0.394 e. The fraction of sp³-hybridized carbons (Fsp3) is 0.923. The molecule has 0 aliphatic carbocycles. The van der Waals surface area contributed by atoms with E-state index >= 15 is 0 Å². The van der Waals surface area contributed by atoms with Crippen LogP contribution < -0.4 is 5.73 Å². The van der Waals surface area contributed by atoms with E-state index in [1.165, 1.54) is 0 Å². The summed E-state index contributed by atoms with van der Waals surface area (Å²) in [6, 6.07) is -0.439. The molecule has 0 spiro atoms. The lowest BCUT2D eigenvalue weighted by molar-refractivity contribution is -0.136. The molecule has 1 aliphatic heterocycles. The molecule has 0 radical (unpaired) electrons. The summed E-state index contributed by atoms with van der Waals surface area (Å²) in [4.78, 5) is 14.1. The van der Waals surface area contributed by atoms with E-state index in [-0.39, 0.29) is 18.6 Å². The molecule has 1 fully saturated rings. The summed E-state index contributed by atoms with van der Waals surface area (Å²) in [6.07, 6.45) is 4.87. The van der Waals surface area contributed by atoms with Crippen molar-refractivity contribution in [1.82, 2.24) is 4.90 Å². The molecule has 1 aliphatic rings. The normalized spacial score (nSPS) is 23.6. The summed E-state index contributed by atoms with van der Waals surface area (Å²) in [7, 11) is 0. The van der Waals surface area contributed by atoms with Crippen molar-refractivity contribution in [2.75, 3.05) is 13.2 Å². The summed E-state index contributed by atoms with van der Waals surface area (Å²) in [5, 5.41) is 9.36. The number of aliphatic hydroxyl groups is 1. The highest BCUT2D eigenvalue weighted by Crippen LogP contribution is 2.18. The molecule has 0 aromatic carbocycles. The Bertz CT molecular complexity index is 244. The van der Waals surface area contributed by atoms with Crippen LogP contribution >= 0.6 is 0 Å². The van der Waals surface area contributed by atoms with Gasteiger partial charge in [-0.15, -0.1) is 0 Å². The first kappa shape index (κ1) is 14.5. The van der Waals surface area contributed by atoms with E-state index in [1.54, 1.807) is 4.90 Å². The fourth-order valence-corrected chi connectivity index (χ4v) is 2.48. The zero-order valence-electron chi connectivity index (χ0n) is 11.1. The second-order valence-corrected chi connectivity index (χ2v) is 5.45. The highest BCUT2D eigenvalue weighted by Gasteiger charge is 2.28. The number of nitrogens with zero attached hydrogens (tertiary/aromatic N) is 1. The first-order valence-corrected chi connectivity index (χ1v) is 6.73. The van der Waals surface area contributed by atoms with Crippen LogP contribution in [0.15, 0.2) is 0 Å². The smallest absolute Gasteiger partial charge is 0.239 e. The molecule has 0 aromatic rings. The molecule has 4 nitrogen and oxygen atoms in total. The zero-order valence-corrected chi connectivity index (χ0v) is 11.1. The number of hydrogen-bond donors (Lipinski definition) is 2. The Labute approximate surface area is 104 Å². The monoisotopic (exact) mass is 242 g/mol. The van der Waals surface area contributed by atoms with Gasteiger partial charge in [-0.25, -0.2) is 0 Å². The van der Waals surface area contributed by atoms with E-state index in [2.05, 4.69) is 13.8 Å². The molecule has 0 saturated carbocycles. The SMILES string of the molecule is CC(C)C[C@@H](N)C(=O)N1CCCCCC1CO. The molecule has 2 atom stereocenters. The predicted molar refractivity (Wildman–Crippen MR) is 68.5 cm³/mol. The van der Waals surface area contributed by atoms with Crippen molar-refractivity contribution < 1.29 is 9.90 Å². The quantitative estimate of drug-likeness (QED) is 0.776. The average Bonchev–Trinajstić information content (AvgIpc) is 2.51. The number of carbonyl (C=O) groups excluding carboxylic acids is 1. The molecule has 1 rings (SSSR count). The van der Waals surface area contributed by atoms with Crippen molar-refractivity contribution in [3.05, 3.63) is 0 Å². The number of aliphatic hydroxyl groups excluding tert-OH is 1. The highest BCUT2D eigenvalue weighted by molar-refractivity contribution is 5.82. The van der Waals surface area contributed by atoms with Gasteiger partial charge in [0.15, 0.2) is 0 Å². The highest BCUT2D eigenvalue weighted by atomic mass is 16.3. The molecule has 3 N–H and O–H groups in total. The van der Waals surface area contributed by atoms with E-state index < -0.39 is 6.04 Å². The van der Waals surface area contributed by atoms with Gasteiger partial charge in [0, 0.05) is 6.54 Å². The van der Waals surface area contributed by atoms with Crippen molar-refractivity contribution in [3.63, 3.8) is 0 Å². The number of amides is 1. The fourth-order valence-electron chi connectivity index (χ4n) is 2.48. The Morgan fingerprint density at radius 1 is 1.41 bits per heavy atom. The van der Waals surface area contributed by atoms with Crippen LogP contribution in [0.1, 0.15) is 46.0 Å². The van der Waals surface area contributed by atoms with E-state index in [0.29, 0.717) is 12.3 Å². The number of carbonyl (C=O) groups is 1. The van der Waals surface area contributed by atoms with Gasteiger partial charge in [0.25, 0.3) is 0 Å². The van der Waals surface area contributed by atoms with Crippen LogP contribution in [-0.2, 0) is 4.79 Å². The van der Waals surface area contributed by atoms with Crippen molar-refractivity contribution in [3.8, 4) is 0 Å². The van der Waals surface area contributed by atoms with Gasteiger partial charge in [-0.1, -0.05) is 26.7 Å². The lowest BCUT2D eigenvalue weighted by Crippen LogP contribution is -2.50. The second kappa shape index (κ2) is 6.97. The molecular weight excluding hydrogens is 216 g/mol. The van der Waals surface area contributed by atoms with Crippen molar-refractivity contribution in [1.29, 1.82) is 0 Å². The Hall–Kier alpha value is -0.610. The standard InChI is InChI=1S/C13H26N2O2/c1-10(2)8-12(14)13(17)15-7-5-3-4-6-11(15)9-16/h10-12,16H,3-9,14H2,1-2H3/t11?,12-/m1/s1. The van der Waals surface area contributed by atoms with Gasteiger partial charge in [0.1, 0.15) is 0 Å². The maximum Gasteiger partial charge on any atom is 0.239 e. The third kappa shape index (κ3) is 4.28. The molecule has 1 amide bonds. The lowest BCUT2D eigenvalue weighted by Gasteiger charge is -2.31. The van der Waals surface area contributed by atoms with Crippen LogP contribution in [0.2, 0.25) is 0 Å². The van der Waals surface area contributed by atoms with E-state index in [9.17, 15) is 9.90 Å². The van der Waals surface area contributed by atoms with Gasteiger partial charge in [0.2, 0.25) is 5.91 Å². The lowest BCUT2D eigenvalue weighted by atomic mass is 10.0. The van der Waals surface area contributed by atoms with Crippen LogP contribution in [-0.4, -0.2) is 41.1 Å². The maximum atomic E-state index is 12.2. The number of hydrogen-bond acceptors (Lipinski definition) is 3. The molecule has 4 heteroatoms. The van der Waals surface area contributed by atoms with Gasteiger partial charge in [-0.05, 0) is 25.2 Å². The summed E-state index contributed by atoms with van der Waals surface area (Å²) >= 11 is 0. The molecule has 1 saturated heterocycles. The molecule has 0 aromatic heterocycles. The molecule has 0 bridgehead atoms. The Morgan fingerprint density at radius 3 is 2.71 bits per heavy atom. The summed E-state index contributed by atoms with van der Waals surface area (Å²) in [5.41, 5.74) is 5.94. The van der Waals surface area contributed by atoms with Crippen LogP contribution in [0.5, 0.6) is 0 Å². The average molecular weight is 242 g/mol. The summed E-state index contributed by atoms with van der Waals surface area (Å²) in [6.45, 7) is 4.94. The Kier molecular flexibility index (Phi) is 5.92. The Balaban J connectivity index is 2.63. The minimum absolute atomic E-state index is 0.0136. The van der Waals surface area contributed by atoms with Crippen LogP contribution in [0.4, 0.5) is 0 Å². The van der Waals surface area contributed by atoms with Crippen molar-refractivity contribution in [2.45, 2.75) is 58.0 Å².